The summed E-state index contributed by atoms with van der Waals surface area (Å²) in [5.41, 5.74) is 8.14. The number of aliphatic imine (C=N–C) groups is 1. The SMILES string of the molecule is C=CC1=C(C=C=CC)C(C=NC)=C(C)C1(C)C. The minimum Gasteiger partial charge on any atom is -0.296 e. The molecule has 1 rings (SSSR count). The van der Waals surface area contributed by atoms with E-state index in [1.165, 1.54) is 22.3 Å². The summed E-state index contributed by atoms with van der Waals surface area (Å²) in [5, 5.41) is 0. The number of allylic oxidation sites excluding steroid dienone is 6. The first kappa shape index (κ1) is 13.5. The zero-order chi connectivity index (χ0) is 13.1. The summed E-state index contributed by atoms with van der Waals surface area (Å²) < 4.78 is 0. The van der Waals surface area contributed by atoms with E-state index in [0.717, 1.165) is 0 Å². The second-order valence-electron chi connectivity index (χ2n) is 4.68. The zero-order valence-corrected chi connectivity index (χ0v) is 11.5. The van der Waals surface area contributed by atoms with Crippen molar-refractivity contribution >= 4 is 6.21 Å². The van der Waals surface area contributed by atoms with E-state index in [1.54, 1.807) is 7.05 Å². The second-order valence-corrected chi connectivity index (χ2v) is 4.68. The molecule has 0 fully saturated rings. The first-order chi connectivity index (χ1) is 8.00. The van der Waals surface area contributed by atoms with E-state index in [-0.39, 0.29) is 5.41 Å². The summed E-state index contributed by atoms with van der Waals surface area (Å²) in [5.74, 6) is 0. The molecular weight excluding hydrogens is 206 g/mol. The molecule has 1 nitrogen and oxygen atoms in total. The Morgan fingerprint density at radius 2 is 1.94 bits per heavy atom. The van der Waals surface area contributed by atoms with E-state index in [2.05, 4.69) is 38.1 Å². The molecule has 0 amide bonds. The molecule has 1 heteroatoms. The van der Waals surface area contributed by atoms with Crippen LogP contribution >= 0.6 is 0 Å². The van der Waals surface area contributed by atoms with Crippen LogP contribution in [0.4, 0.5) is 0 Å². The van der Waals surface area contributed by atoms with E-state index in [0.29, 0.717) is 0 Å². The summed E-state index contributed by atoms with van der Waals surface area (Å²) in [4.78, 5) is 4.15. The van der Waals surface area contributed by atoms with Crippen molar-refractivity contribution in [3.8, 4) is 0 Å². The van der Waals surface area contributed by atoms with Gasteiger partial charge in [-0.3, -0.25) is 4.99 Å². The number of hydrogen-bond donors (Lipinski definition) is 0. The highest BCUT2D eigenvalue weighted by atomic mass is 14.6. The van der Waals surface area contributed by atoms with Crippen LogP contribution < -0.4 is 0 Å². The van der Waals surface area contributed by atoms with Crippen molar-refractivity contribution in [1.82, 2.24) is 0 Å². The van der Waals surface area contributed by atoms with Crippen molar-refractivity contribution in [2.24, 2.45) is 10.4 Å². The third-order valence-corrected chi connectivity index (χ3v) is 3.45. The lowest BCUT2D eigenvalue weighted by molar-refractivity contribution is 0.562. The van der Waals surface area contributed by atoms with Crippen LogP contribution in [0.2, 0.25) is 0 Å². The van der Waals surface area contributed by atoms with Gasteiger partial charge >= 0.3 is 0 Å². The summed E-state index contributed by atoms with van der Waals surface area (Å²) >= 11 is 0. The predicted molar refractivity (Wildman–Crippen MR) is 76.4 cm³/mol. The van der Waals surface area contributed by atoms with Crippen LogP contribution in [0.5, 0.6) is 0 Å². The Morgan fingerprint density at radius 1 is 1.29 bits per heavy atom. The highest BCUT2D eigenvalue weighted by molar-refractivity contribution is 5.90. The van der Waals surface area contributed by atoms with Gasteiger partial charge in [0.1, 0.15) is 0 Å². The zero-order valence-electron chi connectivity index (χ0n) is 11.5. The number of nitrogens with zero attached hydrogens (tertiary/aromatic N) is 1. The van der Waals surface area contributed by atoms with Crippen molar-refractivity contribution in [3.63, 3.8) is 0 Å². The molecule has 0 aliphatic heterocycles. The molecule has 90 valence electrons. The van der Waals surface area contributed by atoms with E-state index >= 15 is 0 Å². The predicted octanol–water partition coefficient (Wildman–Crippen LogP) is 4.26. The maximum atomic E-state index is 4.15. The molecule has 0 radical (unpaired) electrons. The summed E-state index contributed by atoms with van der Waals surface area (Å²) in [6.45, 7) is 12.5. The molecule has 0 N–H and O–H groups in total. The molecule has 0 saturated heterocycles. The van der Waals surface area contributed by atoms with E-state index < -0.39 is 0 Å². The van der Waals surface area contributed by atoms with Gasteiger partial charge in [0.25, 0.3) is 0 Å². The summed E-state index contributed by atoms with van der Waals surface area (Å²) in [6.07, 6.45) is 7.81. The van der Waals surface area contributed by atoms with Crippen molar-refractivity contribution in [2.75, 3.05) is 7.05 Å². The van der Waals surface area contributed by atoms with Crippen LogP contribution in [0, 0.1) is 5.41 Å². The van der Waals surface area contributed by atoms with Gasteiger partial charge in [0, 0.05) is 24.3 Å². The molecule has 0 bridgehead atoms. The molecule has 0 aromatic carbocycles. The molecule has 1 aliphatic carbocycles. The fourth-order valence-corrected chi connectivity index (χ4v) is 2.21. The fourth-order valence-electron chi connectivity index (χ4n) is 2.21. The van der Waals surface area contributed by atoms with Gasteiger partial charge in [0.15, 0.2) is 0 Å². The van der Waals surface area contributed by atoms with Crippen LogP contribution in [-0.2, 0) is 0 Å². The van der Waals surface area contributed by atoms with E-state index in [9.17, 15) is 0 Å². The normalized spacial score (nSPS) is 18.6. The van der Waals surface area contributed by atoms with Gasteiger partial charge in [-0.25, -0.2) is 0 Å². The van der Waals surface area contributed by atoms with Gasteiger partial charge in [-0.05, 0) is 37.1 Å². The Kier molecular flexibility index (Phi) is 4.09. The minimum absolute atomic E-state index is 0.0273. The summed E-state index contributed by atoms with van der Waals surface area (Å²) in [7, 11) is 1.80. The van der Waals surface area contributed by atoms with Gasteiger partial charge in [-0.2, -0.15) is 0 Å². The van der Waals surface area contributed by atoms with Crippen molar-refractivity contribution in [2.45, 2.75) is 27.7 Å². The van der Waals surface area contributed by atoms with Crippen molar-refractivity contribution in [3.05, 3.63) is 52.8 Å². The second kappa shape index (κ2) is 5.16. The lowest BCUT2D eigenvalue weighted by Gasteiger charge is -2.23. The molecule has 0 saturated carbocycles. The van der Waals surface area contributed by atoms with Gasteiger partial charge in [0.05, 0.1) is 0 Å². The van der Waals surface area contributed by atoms with Crippen LogP contribution in [0.15, 0.2) is 57.8 Å². The molecular formula is C16H21N. The van der Waals surface area contributed by atoms with Crippen LogP contribution in [0.3, 0.4) is 0 Å². The molecule has 0 aromatic heterocycles. The average molecular weight is 227 g/mol. The maximum absolute atomic E-state index is 4.15. The highest BCUT2D eigenvalue weighted by Gasteiger charge is 2.34. The molecule has 1 aliphatic rings. The molecule has 17 heavy (non-hydrogen) atoms. The highest BCUT2D eigenvalue weighted by Crippen LogP contribution is 2.46. The molecule has 0 aromatic rings. The lowest BCUT2D eigenvalue weighted by atomic mass is 9.81. The Hall–Kier alpha value is -1.59. The Balaban J connectivity index is 3.53. The maximum Gasteiger partial charge on any atom is 0.0287 e. The smallest absolute Gasteiger partial charge is 0.0287 e. The molecule has 0 heterocycles. The molecule has 0 unspecified atom stereocenters. The minimum atomic E-state index is 0.0273. The lowest BCUT2D eigenvalue weighted by Crippen LogP contribution is -2.12. The number of rotatable bonds is 3. The van der Waals surface area contributed by atoms with Crippen molar-refractivity contribution in [1.29, 1.82) is 0 Å². The van der Waals surface area contributed by atoms with E-state index in [1.807, 2.05) is 31.4 Å². The van der Waals surface area contributed by atoms with Crippen LogP contribution in [0.25, 0.3) is 0 Å². The van der Waals surface area contributed by atoms with Gasteiger partial charge in [-0.15, -0.1) is 5.73 Å². The first-order valence-corrected chi connectivity index (χ1v) is 5.88. The summed E-state index contributed by atoms with van der Waals surface area (Å²) in [6, 6.07) is 0. The fraction of sp³-hybridized carbons (Fsp3) is 0.375. The molecule has 0 atom stereocenters. The van der Waals surface area contributed by atoms with E-state index in [4.69, 9.17) is 0 Å². The third kappa shape index (κ3) is 2.25. The average Bonchev–Trinajstić information content (AvgIpc) is 2.47. The van der Waals surface area contributed by atoms with Crippen LogP contribution in [0.1, 0.15) is 27.7 Å². The standard InChI is InChI=1S/C16H21N/c1-7-9-10-13-14(11-17-6)12(3)16(4,5)15(13)8-2/h7-8,10-11H,2H2,1,3-6H3. The van der Waals surface area contributed by atoms with Gasteiger partial charge in [0.2, 0.25) is 0 Å². The Morgan fingerprint density at radius 3 is 2.41 bits per heavy atom. The Bertz CT molecular complexity index is 476. The quantitative estimate of drug-likeness (QED) is 0.504. The van der Waals surface area contributed by atoms with Crippen LogP contribution in [-0.4, -0.2) is 13.3 Å². The Labute approximate surface area is 105 Å². The topological polar surface area (TPSA) is 12.4 Å². The monoisotopic (exact) mass is 227 g/mol. The first-order valence-electron chi connectivity index (χ1n) is 5.88. The van der Waals surface area contributed by atoms with Crippen molar-refractivity contribution < 1.29 is 0 Å². The third-order valence-electron chi connectivity index (χ3n) is 3.45. The van der Waals surface area contributed by atoms with Gasteiger partial charge in [-0.1, -0.05) is 32.1 Å². The van der Waals surface area contributed by atoms with Gasteiger partial charge < -0.3 is 0 Å². The number of hydrogen-bond acceptors (Lipinski definition) is 1. The molecule has 0 spiro atoms. The largest absolute Gasteiger partial charge is 0.296 e.